The van der Waals surface area contributed by atoms with Crippen molar-refractivity contribution in [3.63, 3.8) is 0 Å². The lowest BCUT2D eigenvalue weighted by Gasteiger charge is -2.28. The van der Waals surface area contributed by atoms with Crippen LogP contribution in [0.25, 0.3) is 0 Å². The lowest BCUT2D eigenvalue weighted by molar-refractivity contribution is 0.113. The van der Waals surface area contributed by atoms with E-state index in [0.29, 0.717) is 12.5 Å². The van der Waals surface area contributed by atoms with Gasteiger partial charge in [-0.15, -0.1) is 0 Å². The van der Waals surface area contributed by atoms with Crippen molar-refractivity contribution in [3.8, 4) is 11.5 Å². The molecule has 0 spiro atoms. The zero-order valence-electron chi connectivity index (χ0n) is 10.5. The SMILES string of the molecule is COc1cccc(CC(C)O)c1OC1CCC1. The standard InChI is InChI=1S/C14H20O3/c1-10(15)9-11-5-3-8-13(16-2)14(11)17-12-6-4-7-12/h3,5,8,10,12,15H,4,6-7,9H2,1-2H3. The van der Waals surface area contributed by atoms with Gasteiger partial charge in [0.25, 0.3) is 0 Å². The molecular formula is C14H20O3. The van der Waals surface area contributed by atoms with Crippen LogP contribution in [0.1, 0.15) is 31.7 Å². The van der Waals surface area contributed by atoms with Crippen LogP contribution in [0.2, 0.25) is 0 Å². The average molecular weight is 236 g/mol. The first-order valence-corrected chi connectivity index (χ1v) is 6.21. The molecular weight excluding hydrogens is 216 g/mol. The number of methoxy groups -OCH3 is 1. The van der Waals surface area contributed by atoms with Crippen LogP contribution in [0.15, 0.2) is 18.2 Å². The molecule has 0 heterocycles. The van der Waals surface area contributed by atoms with Crippen LogP contribution in [0.5, 0.6) is 11.5 Å². The van der Waals surface area contributed by atoms with Crippen molar-refractivity contribution in [1.82, 2.24) is 0 Å². The molecule has 0 amide bonds. The van der Waals surface area contributed by atoms with E-state index in [1.54, 1.807) is 14.0 Å². The normalized spacial score (nSPS) is 17.4. The van der Waals surface area contributed by atoms with Gasteiger partial charge in [-0.3, -0.25) is 0 Å². The van der Waals surface area contributed by atoms with Crippen LogP contribution in [-0.2, 0) is 6.42 Å². The molecule has 0 aromatic heterocycles. The number of aliphatic hydroxyl groups is 1. The first-order valence-electron chi connectivity index (χ1n) is 6.21. The summed E-state index contributed by atoms with van der Waals surface area (Å²) in [6.45, 7) is 1.78. The second-order valence-electron chi connectivity index (χ2n) is 4.67. The van der Waals surface area contributed by atoms with E-state index in [9.17, 15) is 5.11 Å². The molecule has 94 valence electrons. The fourth-order valence-electron chi connectivity index (χ4n) is 1.99. The highest BCUT2D eigenvalue weighted by Crippen LogP contribution is 2.35. The van der Waals surface area contributed by atoms with Crippen LogP contribution in [-0.4, -0.2) is 24.4 Å². The van der Waals surface area contributed by atoms with Gasteiger partial charge >= 0.3 is 0 Å². The van der Waals surface area contributed by atoms with Gasteiger partial charge < -0.3 is 14.6 Å². The highest BCUT2D eigenvalue weighted by atomic mass is 16.5. The van der Waals surface area contributed by atoms with Crippen molar-refractivity contribution >= 4 is 0 Å². The summed E-state index contributed by atoms with van der Waals surface area (Å²) >= 11 is 0. The molecule has 1 saturated carbocycles. The molecule has 1 aliphatic rings. The minimum absolute atomic E-state index is 0.319. The first-order chi connectivity index (χ1) is 8.20. The van der Waals surface area contributed by atoms with Crippen molar-refractivity contribution in [3.05, 3.63) is 23.8 Å². The largest absolute Gasteiger partial charge is 0.493 e. The summed E-state index contributed by atoms with van der Waals surface area (Å²) in [6, 6.07) is 5.83. The highest BCUT2D eigenvalue weighted by Gasteiger charge is 2.22. The van der Waals surface area contributed by atoms with E-state index in [0.717, 1.165) is 29.9 Å². The first kappa shape index (κ1) is 12.2. The van der Waals surface area contributed by atoms with Crippen molar-refractivity contribution < 1.29 is 14.6 Å². The summed E-state index contributed by atoms with van der Waals surface area (Å²) < 4.78 is 11.3. The van der Waals surface area contributed by atoms with E-state index in [-0.39, 0.29) is 6.10 Å². The maximum Gasteiger partial charge on any atom is 0.164 e. The van der Waals surface area contributed by atoms with Gasteiger partial charge in [0.15, 0.2) is 11.5 Å². The highest BCUT2D eigenvalue weighted by molar-refractivity contribution is 5.47. The summed E-state index contributed by atoms with van der Waals surface area (Å²) in [4.78, 5) is 0. The predicted molar refractivity (Wildman–Crippen MR) is 66.6 cm³/mol. The van der Waals surface area contributed by atoms with Crippen molar-refractivity contribution in [2.45, 2.75) is 44.8 Å². The van der Waals surface area contributed by atoms with Gasteiger partial charge in [-0.25, -0.2) is 0 Å². The Bertz CT molecular complexity index is 370. The molecule has 1 aromatic rings. The summed E-state index contributed by atoms with van der Waals surface area (Å²) in [5.41, 5.74) is 1.02. The van der Waals surface area contributed by atoms with E-state index in [4.69, 9.17) is 9.47 Å². The maximum absolute atomic E-state index is 9.50. The third kappa shape index (κ3) is 2.91. The number of para-hydroxylation sites is 1. The van der Waals surface area contributed by atoms with Gasteiger partial charge in [0.05, 0.1) is 19.3 Å². The molecule has 1 fully saturated rings. The molecule has 2 rings (SSSR count). The second kappa shape index (κ2) is 5.41. The Morgan fingerprint density at radius 2 is 2.18 bits per heavy atom. The number of benzene rings is 1. The molecule has 3 heteroatoms. The van der Waals surface area contributed by atoms with Gasteiger partial charge in [0.1, 0.15) is 0 Å². The second-order valence-corrected chi connectivity index (χ2v) is 4.67. The van der Waals surface area contributed by atoms with Crippen LogP contribution in [0.4, 0.5) is 0 Å². The molecule has 1 aliphatic carbocycles. The topological polar surface area (TPSA) is 38.7 Å². The minimum Gasteiger partial charge on any atom is -0.493 e. The van der Waals surface area contributed by atoms with Gasteiger partial charge in [-0.1, -0.05) is 12.1 Å². The lowest BCUT2D eigenvalue weighted by Crippen LogP contribution is -2.25. The Kier molecular flexibility index (Phi) is 3.89. The quantitative estimate of drug-likeness (QED) is 0.854. The number of aliphatic hydroxyl groups excluding tert-OH is 1. The fourth-order valence-corrected chi connectivity index (χ4v) is 1.99. The Labute approximate surface area is 102 Å². The monoisotopic (exact) mass is 236 g/mol. The molecule has 0 radical (unpaired) electrons. The van der Waals surface area contributed by atoms with E-state index < -0.39 is 0 Å². The molecule has 17 heavy (non-hydrogen) atoms. The third-order valence-electron chi connectivity index (χ3n) is 3.13. The number of ether oxygens (including phenoxy) is 2. The van der Waals surface area contributed by atoms with Gasteiger partial charge in [-0.05, 0) is 32.3 Å². The number of hydrogen-bond acceptors (Lipinski definition) is 3. The fraction of sp³-hybridized carbons (Fsp3) is 0.571. The number of hydrogen-bond donors (Lipinski definition) is 1. The zero-order chi connectivity index (χ0) is 12.3. The maximum atomic E-state index is 9.50. The zero-order valence-corrected chi connectivity index (χ0v) is 10.5. The van der Waals surface area contributed by atoms with Gasteiger partial charge in [0, 0.05) is 12.0 Å². The van der Waals surface area contributed by atoms with Crippen LogP contribution >= 0.6 is 0 Å². The summed E-state index contributed by atoms with van der Waals surface area (Å²) in [6.07, 6.45) is 4.02. The van der Waals surface area contributed by atoms with Crippen molar-refractivity contribution in [2.75, 3.05) is 7.11 Å². The summed E-state index contributed by atoms with van der Waals surface area (Å²) in [5.74, 6) is 1.57. The van der Waals surface area contributed by atoms with E-state index >= 15 is 0 Å². The van der Waals surface area contributed by atoms with Crippen molar-refractivity contribution in [1.29, 1.82) is 0 Å². The molecule has 1 aromatic carbocycles. The average Bonchev–Trinajstić information content (AvgIpc) is 2.23. The Hall–Kier alpha value is -1.22. The van der Waals surface area contributed by atoms with Crippen LogP contribution in [0.3, 0.4) is 0 Å². The predicted octanol–water partition coefficient (Wildman–Crippen LogP) is 2.55. The minimum atomic E-state index is -0.370. The number of rotatable bonds is 5. The molecule has 1 unspecified atom stereocenters. The third-order valence-corrected chi connectivity index (χ3v) is 3.13. The van der Waals surface area contributed by atoms with E-state index in [1.165, 1.54) is 6.42 Å². The molecule has 1 atom stereocenters. The lowest BCUT2D eigenvalue weighted by atomic mass is 9.96. The van der Waals surface area contributed by atoms with Crippen molar-refractivity contribution in [2.24, 2.45) is 0 Å². The molecule has 0 aliphatic heterocycles. The molecule has 0 saturated heterocycles. The Balaban J connectivity index is 2.22. The van der Waals surface area contributed by atoms with Crippen LogP contribution in [0, 0.1) is 0 Å². The molecule has 1 N–H and O–H groups in total. The summed E-state index contributed by atoms with van der Waals surface area (Å²) in [5, 5.41) is 9.50. The van der Waals surface area contributed by atoms with E-state index in [2.05, 4.69) is 0 Å². The summed E-state index contributed by atoms with van der Waals surface area (Å²) in [7, 11) is 1.65. The molecule has 3 nitrogen and oxygen atoms in total. The smallest absolute Gasteiger partial charge is 0.164 e. The van der Waals surface area contributed by atoms with Gasteiger partial charge in [-0.2, -0.15) is 0 Å². The van der Waals surface area contributed by atoms with Crippen LogP contribution < -0.4 is 9.47 Å². The van der Waals surface area contributed by atoms with E-state index in [1.807, 2.05) is 18.2 Å². The Morgan fingerprint density at radius 3 is 2.71 bits per heavy atom. The molecule has 0 bridgehead atoms. The Morgan fingerprint density at radius 1 is 1.41 bits per heavy atom. The van der Waals surface area contributed by atoms with Gasteiger partial charge in [0.2, 0.25) is 0 Å².